The van der Waals surface area contributed by atoms with E-state index in [-0.39, 0.29) is 28.4 Å². The largest absolute Gasteiger partial charge is 0.315 e. The van der Waals surface area contributed by atoms with Crippen molar-refractivity contribution in [3.8, 4) is 0 Å². The van der Waals surface area contributed by atoms with Crippen LogP contribution in [-0.2, 0) is 10.0 Å². The van der Waals surface area contributed by atoms with Gasteiger partial charge in [0, 0.05) is 19.1 Å². The number of rotatable bonds is 5. The molecular formula is C13H18Cl3FN2O2S. The summed E-state index contributed by atoms with van der Waals surface area (Å²) < 4.78 is 40.8. The maximum absolute atomic E-state index is 13.8. The van der Waals surface area contributed by atoms with Crippen LogP contribution in [-0.4, -0.2) is 38.4 Å². The Hall–Kier alpha value is -0.110. The highest BCUT2D eigenvalue weighted by atomic mass is 35.5. The molecule has 9 heteroatoms. The third-order valence-electron chi connectivity index (χ3n) is 3.47. The zero-order chi connectivity index (χ0) is 15.6. The van der Waals surface area contributed by atoms with Crippen LogP contribution in [0.1, 0.15) is 19.8 Å². The van der Waals surface area contributed by atoms with Crippen molar-refractivity contribution in [3.05, 3.63) is 28.0 Å². The first kappa shape index (κ1) is 19.9. The number of hydrogen-bond donors (Lipinski definition) is 1. The summed E-state index contributed by atoms with van der Waals surface area (Å²) in [6.45, 7) is 3.63. The molecule has 0 aromatic heterocycles. The molecule has 1 aliphatic rings. The van der Waals surface area contributed by atoms with Crippen molar-refractivity contribution in [2.75, 3.05) is 19.6 Å². The molecule has 4 nitrogen and oxygen atoms in total. The fraction of sp³-hybridized carbons (Fsp3) is 0.538. The minimum absolute atomic E-state index is 0. The first-order chi connectivity index (χ1) is 9.89. The Kier molecular flexibility index (Phi) is 7.36. The number of sulfonamides is 1. The van der Waals surface area contributed by atoms with Crippen LogP contribution in [0.3, 0.4) is 0 Å². The molecule has 126 valence electrons. The van der Waals surface area contributed by atoms with Gasteiger partial charge in [0.25, 0.3) is 0 Å². The fourth-order valence-electron chi connectivity index (χ4n) is 2.44. The smallest absolute Gasteiger partial charge is 0.244 e. The lowest BCUT2D eigenvalue weighted by atomic mass is 10.2. The Morgan fingerprint density at radius 3 is 2.64 bits per heavy atom. The molecule has 0 amide bonds. The SMILES string of the molecule is CCCN(C1CCNC1)S(=O)(=O)c1ccc(Cl)c(F)c1Cl.Cl. The molecule has 1 fully saturated rings. The maximum Gasteiger partial charge on any atom is 0.244 e. The molecule has 1 N–H and O–H groups in total. The maximum atomic E-state index is 13.8. The fourth-order valence-corrected chi connectivity index (χ4v) is 4.91. The summed E-state index contributed by atoms with van der Waals surface area (Å²) in [5, 5.41) is 2.49. The van der Waals surface area contributed by atoms with Crippen molar-refractivity contribution >= 4 is 45.6 Å². The van der Waals surface area contributed by atoms with E-state index >= 15 is 0 Å². The van der Waals surface area contributed by atoms with Crippen LogP contribution in [0, 0.1) is 5.82 Å². The first-order valence-electron chi connectivity index (χ1n) is 6.75. The van der Waals surface area contributed by atoms with Crippen LogP contribution in [0.15, 0.2) is 17.0 Å². The summed E-state index contributed by atoms with van der Waals surface area (Å²) in [4.78, 5) is -0.230. The Bertz CT molecular complexity index is 622. The average Bonchev–Trinajstić information content (AvgIpc) is 2.95. The van der Waals surface area contributed by atoms with Gasteiger partial charge in [0.1, 0.15) is 4.90 Å². The lowest BCUT2D eigenvalue weighted by Crippen LogP contribution is -2.42. The van der Waals surface area contributed by atoms with E-state index < -0.39 is 20.9 Å². The Balaban J connectivity index is 0.00000242. The van der Waals surface area contributed by atoms with Gasteiger partial charge in [-0.15, -0.1) is 12.4 Å². The van der Waals surface area contributed by atoms with Crippen molar-refractivity contribution in [2.45, 2.75) is 30.7 Å². The third kappa shape index (κ3) is 3.86. The van der Waals surface area contributed by atoms with Crippen LogP contribution in [0.4, 0.5) is 4.39 Å². The molecule has 0 spiro atoms. The predicted octanol–water partition coefficient (Wildman–Crippen LogP) is 3.32. The lowest BCUT2D eigenvalue weighted by Gasteiger charge is -2.27. The van der Waals surface area contributed by atoms with E-state index in [1.54, 1.807) is 0 Å². The molecular weight excluding hydrogens is 374 g/mol. The second kappa shape index (κ2) is 8.13. The average molecular weight is 392 g/mol. The standard InChI is InChI=1S/C13H17Cl2FN2O2S.ClH/c1-2-7-18(9-5-6-17-8-9)21(19,20)11-4-3-10(14)13(16)12(11)15;/h3-4,9,17H,2,5-8H2,1H3;1H. The Morgan fingerprint density at radius 1 is 1.41 bits per heavy atom. The normalized spacial score (nSPS) is 18.5. The van der Waals surface area contributed by atoms with Crippen molar-refractivity contribution in [3.63, 3.8) is 0 Å². The summed E-state index contributed by atoms with van der Waals surface area (Å²) in [7, 11) is -3.85. The summed E-state index contributed by atoms with van der Waals surface area (Å²) in [6, 6.07) is 2.34. The number of hydrogen-bond acceptors (Lipinski definition) is 3. The quantitative estimate of drug-likeness (QED) is 0.783. The number of halogens is 4. The van der Waals surface area contributed by atoms with E-state index in [0.717, 1.165) is 13.0 Å². The molecule has 0 aliphatic carbocycles. The lowest BCUT2D eigenvalue weighted by molar-refractivity contribution is 0.335. The molecule has 2 rings (SSSR count). The minimum atomic E-state index is -3.85. The molecule has 1 unspecified atom stereocenters. The van der Waals surface area contributed by atoms with Crippen molar-refractivity contribution in [1.29, 1.82) is 0 Å². The molecule has 0 saturated carbocycles. The topological polar surface area (TPSA) is 49.4 Å². The summed E-state index contributed by atoms with van der Waals surface area (Å²) in [6.07, 6.45) is 1.40. The van der Waals surface area contributed by atoms with Gasteiger partial charge in [0.15, 0.2) is 5.82 Å². The van der Waals surface area contributed by atoms with Gasteiger partial charge in [0.2, 0.25) is 10.0 Å². The van der Waals surface area contributed by atoms with Gasteiger partial charge in [-0.2, -0.15) is 4.31 Å². The number of nitrogens with one attached hydrogen (secondary N) is 1. The summed E-state index contributed by atoms with van der Waals surface area (Å²) >= 11 is 11.5. The van der Waals surface area contributed by atoms with Gasteiger partial charge >= 0.3 is 0 Å². The summed E-state index contributed by atoms with van der Waals surface area (Å²) in [5.74, 6) is -0.902. The van der Waals surface area contributed by atoms with Crippen molar-refractivity contribution < 1.29 is 12.8 Å². The Morgan fingerprint density at radius 2 is 2.09 bits per heavy atom. The van der Waals surface area contributed by atoms with E-state index in [1.165, 1.54) is 16.4 Å². The predicted molar refractivity (Wildman–Crippen MR) is 89.1 cm³/mol. The highest BCUT2D eigenvalue weighted by molar-refractivity contribution is 7.89. The van der Waals surface area contributed by atoms with Gasteiger partial charge in [-0.3, -0.25) is 0 Å². The van der Waals surface area contributed by atoms with Crippen LogP contribution in [0.2, 0.25) is 10.0 Å². The van der Waals surface area contributed by atoms with Crippen molar-refractivity contribution in [1.82, 2.24) is 9.62 Å². The second-order valence-corrected chi connectivity index (χ2v) is 7.58. The van der Waals surface area contributed by atoms with Gasteiger partial charge in [-0.05, 0) is 31.5 Å². The highest BCUT2D eigenvalue weighted by Gasteiger charge is 2.34. The van der Waals surface area contributed by atoms with Gasteiger partial charge in [0.05, 0.1) is 10.0 Å². The molecule has 0 radical (unpaired) electrons. The van der Waals surface area contributed by atoms with Gasteiger partial charge < -0.3 is 5.32 Å². The van der Waals surface area contributed by atoms with Crippen LogP contribution in [0.25, 0.3) is 0 Å². The molecule has 1 aromatic rings. The van der Waals surface area contributed by atoms with Crippen molar-refractivity contribution in [2.24, 2.45) is 0 Å². The zero-order valence-corrected chi connectivity index (χ0v) is 15.1. The monoisotopic (exact) mass is 390 g/mol. The molecule has 1 aromatic carbocycles. The molecule has 0 bridgehead atoms. The molecule has 1 saturated heterocycles. The third-order valence-corrected chi connectivity index (χ3v) is 6.24. The zero-order valence-electron chi connectivity index (χ0n) is 12.0. The molecule has 22 heavy (non-hydrogen) atoms. The Labute approximate surface area is 146 Å². The van der Waals surface area contributed by atoms with E-state index in [0.29, 0.717) is 19.5 Å². The van der Waals surface area contributed by atoms with E-state index in [4.69, 9.17) is 23.2 Å². The molecule has 1 aliphatic heterocycles. The van der Waals surface area contributed by atoms with E-state index in [2.05, 4.69) is 5.32 Å². The van der Waals surface area contributed by atoms with Gasteiger partial charge in [-0.1, -0.05) is 30.1 Å². The molecule has 1 atom stereocenters. The van der Waals surface area contributed by atoms with Crippen LogP contribution in [0.5, 0.6) is 0 Å². The minimum Gasteiger partial charge on any atom is -0.315 e. The van der Waals surface area contributed by atoms with Crippen LogP contribution >= 0.6 is 35.6 Å². The van der Waals surface area contributed by atoms with E-state index in [1.807, 2.05) is 6.92 Å². The molecule has 1 heterocycles. The summed E-state index contributed by atoms with van der Waals surface area (Å²) in [5.41, 5.74) is 0. The van der Waals surface area contributed by atoms with E-state index in [9.17, 15) is 12.8 Å². The first-order valence-corrected chi connectivity index (χ1v) is 8.95. The van der Waals surface area contributed by atoms with Gasteiger partial charge in [-0.25, -0.2) is 12.8 Å². The van der Waals surface area contributed by atoms with Crippen LogP contribution < -0.4 is 5.32 Å². The number of nitrogens with zero attached hydrogens (tertiary/aromatic N) is 1. The number of benzene rings is 1. The highest BCUT2D eigenvalue weighted by Crippen LogP contribution is 2.32. The second-order valence-electron chi connectivity index (χ2n) is 4.94.